The van der Waals surface area contributed by atoms with Crippen LogP contribution in [0.2, 0.25) is 5.02 Å². The van der Waals surface area contributed by atoms with Gasteiger partial charge in [0.1, 0.15) is 5.75 Å². The summed E-state index contributed by atoms with van der Waals surface area (Å²) in [5, 5.41) is 3.32. The van der Waals surface area contributed by atoms with Crippen molar-refractivity contribution in [2.45, 2.75) is 18.4 Å². The van der Waals surface area contributed by atoms with E-state index in [0.29, 0.717) is 28.6 Å². The third-order valence-electron chi connectivity index (χ3n) is 4.28. The van der Waals surface area contributed by atoms with Crippen LogP contribution >= 0.6 is 11.6 Å². The summed E-state index contributed by atoms with van der Waals surface area (Å²) in [4.78, 5) is 12.2. The number of rotatable bonds is 8. The fourth-order valence-electron chi connectivity index (χ4n) is 2.70. The molecule has 0 fully saturated rings. The average molecular weight is 445 g/mol. The molecule has 0 aliphatic rings. The minimum absolute atomic E-state index is 0.111. The van der Waals surface area contributed by atoms with Crippen LogP contribution in [0.25, 0.3) is 0 Å². The highest BCUT2D eigenvalue weighted by molar-refractivity contribution is 7.92. The van der Waals surface area contributed by atoms with Crippen LogP contribution in [-0.2, 0) is 21.4 Å². The molecular formula is C22H21ClN2O4S. The average Bonchev–Trinajstić information content (AvgIpc) is 2.72. The SMILES string of the molecule is Cc1cc(S(=O)(=O)Nc2ccccc2)ccc1OCC(=O)NCc1ccccc1Cl. The molecule has 0 spiro atoms. The Morgan fingerprint density at radius 2 is 1.70 bits per heavy atom. The molecule has 30 heavy (non-hydrogen) atoms. The maximum Gasteiger partial charge on any atom is 0.261 e. The summed E-state index contributed by atoms with van der Waals surface area (Å²) in [6.45, 7) is 1.82. The summed E-state index contributed by atoms with van der Waals surface area (Å²) in [7, 11) is -3.72. The second kappa shape index (κ2) is 9.65. The van der Waals surface area contributed by atoms with Gasteiger partial charge in [0.15, 0.2) is 6.61 Å². The standard InChI is InChI=1S/C22H21ClN2O4S/c1-16-13-19(30(27,28)25-18-8-3-2-4-9-18)11-12-21(16)29-15-22(26)24-14-17-7-5-6-10-20(17)23/h2-13,25H,14-15H2,1H3,(H,24,26). The fourth-order valence-corrected chi connectivity index (χ4v) is 4.05. The molecule has 0 saturated carbocycles. The van der Waals surface area contributed by atoms with Gasteiger partial charge >= 0.3 is 0 Å². The van der Waals surface area contributed by atoms with Gasteiger partial charge in [-0.25, -0.2) is 8.42 Å². The number of carbonyl (C=O) groups is 1. The summed E-state index contributed by atoms with van der Waals surface area (Å²) < 4.78 is 33.2. The molecule has 3 rings (SSSR count). The van der Waals surface area contributed by atoms with Crippen LogP contribution in [0.15, 0.2) is 77.7 Å². The van der Waals surface area contributed by atoms with Crippen LogP contribution in [0.4, 0.5) is 5.69 Å². The lowest BCUT2D eigenvalue weighted by atomic mass is 10.2. The first-order valence-electron chi connectivity index (χ1n) is 9.16. The molecule has 0 bridgehead atoms. The zero-order valence-electron chi connectivity index (χ0n) is 16.3. The van der Waals surface area contributed by atoms with Crippen molar-refractivity contribution in [1.29, 1.82) is 0 Å². The van der Waals surface area contributed by atoms with E-state index in [2.05, 4.69) is 10.0 Å². The lowest BCUT2D eigenvalue weighted by Gasteiger charge is -2.12. The highest BCUT2D eigenvalue weighted by Gasteiger charge is 2.16. The summed E-state index contributed by atoms with van der Waals surface area (Å²) in [5.41, 5.74) is 1.89. The van der Waals surface area contributed by atoms with Crippen LogP contribution in [0.1, 0.15) is 11.1 Å². The molecule has 0 aliphatic carbocycles. The number of benzene rings is 3. The van der Waals surface area contributed by atoms with Crippen molar-refractivity contribution in [3.63, 3.8) is 0 Å². The molecule has 1 amide bonds. The Labute approximate surface area is 180 Å². The number of amides is 1. The van der Waals surface area contributed by atoms with Crippen molar-refractivity contribution in [1.82, 2.24) is 5.32 Å². The maximum absolute atomic E-state index is 12.6. The Morgan fingerprint density at radius 1 is 1.00 bits per heavy atom. The van der Waals surface area contributed by atoms with Gasteiger partial charge in [-0.3, -0.25) is 9.52 Å². The normalized spacial score (nSPS) is 11.0. The van der Waals surface area contributed by atoms with Crippen molar-refractivity contribution >= 4 is 33.2 Å². The monoisotopic (exact) mass is 444 g/mol. The second-order valence-electron chi connectivity index (χ2n) is 6.56. The Hall–Kier alpha value is -3.03. The minimum atomic E-state index is -3.72. The zero-order chi connectivity index (χ0) is 21.6. The van der Waals surface area contributed by atoms with Crippen LogP contribution in [-0.4, -0.2) is 20.9 Å². The van der Waals surface area contributed by atoms with Crippen molar-refractivity contribution in [3.8, 4) is 5.75 Å². The highest BCUT2D eigenvalue weighted by Crippen LogP contribution is 2.23. The van der Waals surface area contributed by atoms with E-state index in [1.165, 1.54) is 18.2 Å². The van der Waals surface area contributed by atoms with Gasteiger partial charge in [-0.1, -0.05) is 48.0 Å². The summed E-state index contributed by atoms with van der Waals surface area (Å²) in [6, 6.07) is 20.4. The van der Waals surface area contributed by atoms with Gasteiger partial charge in [-0.2, -0.15) is 0 Å². The molecule has 2 N–H and O–H groups in total. The predicted octanol–water partition coefficient (Wildman–Crippen LogP) is 4.14. The highest BCUT2D eigenvalue weighted by atomic mass is 35.5. The van der Waals surface area contributed by atoms with Gasteiger partial charge in [-0.15, -0.1) is 0 Å². The molecule has 3 aromatic carbocycles. The van der Waals surface area contributed by atoms with Crippen molar-refractivity contribution in [2.75, 3.05) is 11.3 Å². The van der Waals surface area contributed by atoms with E-state index in [1.807, 2.05) is 18.2 Å². The van der Waals surface area contributed by atoms with Crippen LogP contribution in [0, 0.1) is 6.92 Å². The van der Waals surface area contributed by atoms with Gasteiger partial charge in [0, 0.05) is 17.3 Å². The predicted molar refractivity (Wildman–Crippen MR) is 117 cm³/mol. The van der Waals surface area contributed by atoms with E-state index in [0.717, 1.165) is 5.56 Å². The van der Waals surface area contributed by atoms with E-state index in [4.69, 9.17) is 16.3 Å². The number of para-hydroxylation sites is 1. The van der Waals surface area contributed by atoms with Crippen LogP contribution in [0.3, 0.4) is 0 Å². The third kappa shape index (κ3) is 5.75. The van der Waals surface area contributed by atoms with Gasteiger partial charge in [-0.05, 0) is 54.4 Å². The quantitative estimate of drug-likeness (QED) is 0.546. The smallest absolute Gasteiger partial charge is 0.261 e. The van der Waals surface area contributed by atoms with Crippen LogP contribution in [0.5, 0.6) is 5.75 Å². The molecule has 0 saturated heterocycles. The number of aryl methyl sites for hydroxylation is 1. The number of carbonyl (C=O) groups excluding carboxylic acids is 1. The van der Waals surface area contributed by atoms with Crippen molar-refractivity contribution < 1.29 is 17.9 Å². The summed E-state index contributed by atoms with van der Waals surface area (Å²) >= 11 is 6.07. The molecule has 3 aromatic rings. The molecule has 0 heterocycles. The Balaban J connectivity index is 1.58. The topological polar surface area (TPSA) is 84.5 Å². The zero-order valence-corrected chi connectivity index (χ0v) is 17.8. The molecule has 0 aromatic heterocycles. The first kappa shape index (κ1) is 21.7. The number of nitrogens with one attached hydrogen (secondary N) is 2. The van der Waals surface area contributed by atoms with E-state index < -0.39 is 10.0 Å². The lowest BCUT2D eigenvalue weighted by Crippen LogP contribution is -2.28. The first-order chi connectivity index (χ1) is 14.3. The molecule has 0 unspecified atom stereocenters. The molecule has 6 nitrogen and oxygen atoms in total. The van der Waals surface area contributed by atoms with Gasteiger partial charge < -0.3 is 10.1 Å². The molecule has 0 atom stereocenters. The first-order valence-corrected chi connectivity index (χ1v) is 11.0. The number of hydrogen-bond donors (Lipinski definition) is 2. The molecule has 0 radical (unpaired) electrons. The van der Waals surface area contributed by atoms with Gasteiger partial charge in [0.2, 0.25) is 0 Å². The largest absolute Gasteiger partial charge is 0.484 e. The number of hydrogen-bond acceptors (Lipinski definition) is 4. The second-order valence-corrected chi connectivity index (χ2v) is 8.65. The van der Waals surface area contributed by atoms with Crippen molar-refractivity contribution in [3.05, 3.63) is 88.9 Å². The minimum Gasteiger partial charge on any atom is -0.484 e. The molecular weight excluding hydrogens is 424 g/mol. The number of ether oxygens (including phenoxy) is 1. The van der Waals surface area contributed by atoms with E-state index >= 15 is 0 Å². The van der Waals surface area contributed by atoms with E-state index in [1.54, 1.807) is 43.3 Å². The fraction of sp³-hybridized carbons (Fsp3) is 0.136. The van der Waals surface area contributed by atoms with Crippen molar-refractivity contribution in [2.24, 2.45) is 0 Å². The molecule has 8 heteroatoms. The Kier molecular flexibility index (Phi) is 6.97. The van der Waals surface area contributed by atoms with E-state index in [-0.39, 0.29) is 17.4 Å². The van der Waals surface area contributed by atoms with Crippen LogP contribution < -0.4 is 14.8 Å². The third-order valence-corrected chi connectivity index (χ3v) is 6.02. The summed E-state index contributed by atoms with van der Waals surface area (Å²) in [6.07, 6.45) is 0. The Bertz CT molecular complexity index is 1130. The number of anilines is 1. The van der Waals surface area contributed by atoms with Gasteiger partial charge in [0.25, 0.3) is 15.9 Å². The van der Waals surface area contributed by atoms with Gasteiger partial charge in [0.05, 0.1) is 4.90 Å². The number of sulfonamides is 1. The molecule has 0 aliphatic heterocycles. The number of halogens is 1. The van der Waals surface area contributed by atoms with E-state index in [9.17, 15) is 13.2 Å². The summed E-state index contributed by atoms with van der Waals surface area (Å²) in [5.74, 6) is 0.123. The molecule has 156 valence electrons. The Morgan fingerprint density at radius 3 is 2.40 bits per heavy atom. The maximum atomic E-state index is 12.6. The lowest BCUT2D eigenvalue weighted by molar-refractivity contribution is -0.123.